The number of carbonyl (C=O) groups excluding carboxylic acids is 1. The number of pyridine rings is 1. The quantitative estimate of drug-likeness (QED) is 0.629. The van der Waals surface area contributed by atoms with Gasteiger partial charge >= 0.3 is 5.97 Å². The maximum Gasteiger partial charge on any atom is 0.338 e. The van der Waals surface area contributed by atoms with Crippen LogP contribution < -0.4 is 0 Å². The molecule has 1 heterocycles. The molecular weight excluding hydrogens is 254 g/mol. The van der Waals surface area contributed by atoms with Crippen molar-refractivity contribution in [3.8, 4) is 0 Å². The Bertz CT molecular complexity index is 590. The molecule has 0 saturated carbocycles. The van der Waals surface area contributed by atoms with Crippen molar-refractivity contribution in [1.82, 2.24) is 4.98 Å². The molecule has 100 valence electrons. The fourth-order valence-electron chi connectivity index (χ4n) is 1.74. The summed E-state index contributed by atoms with van der Waals surface area (Å²) in [5, 5.41) is 2.04. The molecule has 0 bridgehead atoms. The third kappa shape index (κ3) is 3.89. The summed E-state index contributed by atoms with van der Waals surface area (Å²) >= 11 is 0. The van der Waals surface area contributed by atoms with Gasteiger partial charge in [0.25, 0.3) is 0 Å². The van der Waals surface area contributed by atoms with Gasteiger partial charge in [0.1, 0.15) is 0 Å². The Labute approximate surface area is 114 Å². The number of nitrogens with zero attached hydrogens (tertiary/aromatic N) is 1. The Morgan fingerprint density at radius 2 is 2.00 bits per heavy atom. The summed E-state index contributed by atoms with van der Waals surface area (Å²) in [5.41, 5.74) is 0.606. The van der Waals surface area contributed by atoms with E-state index < -0.39 is 8.07 Å². The highest BCUT2D eigenvalue weighted by atomic mass is 28.3. The molecule has 0 spiro atoms. The first-order valence-electron chi connectivity index (χ1n) is 6.47. The number of fused-ring (bicyclic) bond motifs is 1. The smallest absolute Gasteiger partial charge is 0.338 e. The summed E-state index contributed by atoms with van der Waals surface area (Å²) in [4.78, 5) is 16.0. The van der Waals surface area contributed by atoms with E-state index in [0.717, 1.165) is 16.8 Å². The Morgan fingerprint density at radius 1 is 1.21 bits per heavy atom. The van der Waals surface area contributed by atoms with Crippen LogP contribution >= 0.6 is 0 Å². The van der Waals surface area contributed by atoms with Gasteiger partial charge in [0.2, 0.25) is 0 Å². The molecule has 0 aliphatic heterocycles. The zero-order valence-electron chi connectivity index (χ0n) is 11.6. The van der Waals surface area contributed by atoms with Gasteiger partial charge < -0.3 is 4.74 Å². The molecule has 0 amide bonds. The average Bonchev–Trinajstić information content (AvgIpc) is 2.36. The highest BCUT2D eigenvalue weighted by Gasteiger charge is 2.14. The molecule has 0 N–H and O–H groups in total. The lowest BCUT2D eigenvalue weighted by Crippen LogP contribution is -2.22. The van der Waals surface area contributed by atoms with Crippen LogP contribution in [0.25, 0.3) is 10.8 Å². The van der Waals surface area contributed by atoms with E-state index in [1.165, 1.54) is 0 Å². The molecule has 3 nitrogen and oxygen atoms in total. The van der Waals surface area contributed by atoms with Crippen molar-refractivity contribution in [2.75, 3.05) is 6.61 Å². The Morgan fingerprint density at radius 3 is 2.74 bits per heavy atom. The van der Waals surface area contributed by atoms with Crippen LogP contribution in [0.4, 0.5) is 0 Å². The molecule has 2 aromatic rings. The predicted octanol–water partition coefficient (Wildman–Crippen LogP) is 3.73. The van der Waals surface area contributed by atoms with Crippen molar-refractivity contribution in [1.29, 1.82) is 0 Å². The number of rotatable bonds is 4. The van der Waals surface area contributed by atoms with Crippen LogP contribution in [0.15, 0.2) is 36.7 Å². The SMILES string of the molecule is C[Si](C)(C)CCOC(=O)c1ccc2cnccc2c1. The molecule has 0 atom stereocenters. The van der Waals surface area contributed by atoms with Crippen molar-refractivity contribution >= 4 is 24.8 Å². The maximum atomic E-state index is 12.0. The molecule has 0 unspecified atom stereocenters. The van der Waals surface area contributed by atoms with Crippen molar-refractivity contribution in [2.45, 2.75) is 25.7 Å². The number of ether oxygens (including phenoxy) is 1. The average molecular weight is 273 g/mol. The van der Waals surface area contributed by atoms with E-state index >= 15 is 0 Å². The van der Waals surface area contributed by atoms with Crippen molar-refractivity contribution in [3.05, 3.63) is 42.2 Å². The number of hydrogen-bond donors (Lipinski definition) is 0. The Kier molecular flexibility index (Phi) is 4.00. The van der Waals surface area contributed by atoms with Gasteiger partial charge in [-0.25, -0.2) is 4.79 Å². The molecule has 1 aromatic carbocycles. The van der Waals surface area contributed by atoms with E-state index in [0.29, 0.717) is 12.2 Å². The maximum absolute atomic E-state index is 12.0. The number of aromatic nitrogens is 1. The molecule has 0 aliphatic rings. The molecule has 0 fully saturated rings. The third-order valence-electron chi connectivity index (χ3n) is 2.96. The van der Waals surface area contributed by atoms with E-state index in [9.17, 15) is 4.79 Å². The van der Waals surface area contributed by atoms with Crippen LogP contribution in [0, 0.1) is 0 Å². The first-order chi connectivity index (χ1) is 8.96. The largest absolute Gasteiger partial charge is 0.462 e. The minimum Gasteiger partial charge on any atom is -0.462 e. The van der Waals surface area contributed by atoms with E-state index in [1.54, 1.807) is 18.5 Å². The standard InChI is InChI=1S/C15H19NO2Si/c1-19(2,3)9-8-18-15(17)13-4-5-14-11-16-7-6-12(14)10-13/h4-7,10-11H,8-9H2,1-3H3. The van der Waals surface area contributed by atoms with Crippen LogP contribution in [-0.2, 0) is 4.74 Å². The van der Waals surface area contributed by atoms with Gasteiger partial charge in [0, 0.05) is 25.9 Å². The summed E-state index contributed by atoms with van der Waals surface area (Å²) in [7, 11) is -1.15. The van der Waals surface area contributed by atoms with E-state index in [4.69, 9.17) is 4.74 Å². The number of carbonyl (C=O) groups is 1. The van der Waals surface area contributed by atoms with E-state index in [2.05, 4.69) is 24.6 Å². The second kappa shape index (κ2) is 5.53. The first-order valence-corrected chi connectivity index (χ1v) is 10.2. The van der Waals surface area contributed by atoms with E-state index in [-0.39, 0.29) is 5.97 Å². The molecule has 0 aliphatic carbocycles. The summed E-state index contributed by atoms with van der Waals surface area (Å²) in [6.45, 7) is 7.32. The second-order valence-electron chi connectivity index (χ2n) is 5.88. The van der Waals surface area contributed by atoms with Gasteiger partial charge in [0.15, 0.2) is 0 Å². The molecule has 2 rings (SSSR count). The monoisotopic (exact) mass is 273 g/mol. The lowest BCUT2D eigenvalue weighted by atomic mass is 10.1. The van der Waals surface area contributed by atoms with Gasteiger partial charge in [-0.3, -0.25) is 4.98 Å². The van der Waals surface area contributed by atoms with Crippen LogP contribution in [0.3, 0.4) is 0 Å². The fraction of sp³-hybridized carbons (Fsp3) is 0.333. The minimum atomic E-state index is -1.15. The predicted molar refractivity (Wildman–Crippen MR) is 80.2 cm³/mol. The summed E-state index contributed by atoms with van der Waals surface area (Å²) in [6, 6.07) is 8.44. The molecule has 19 heavy (non-hydrogen) atoms. The minimum absolute atomic E-state index is 0.239. The van der Waals surface area contributed by atoms with Crippen LogP contribution in [0.2, 0.25) is 25.7 Å². The summed E-state index contributed by atoms with van der Waals surface area (Å²) in [5.74, 6) is -0.239. The van der Waals surface area contributed by atoms with Crippen LogP contribution in [-0.4, -0.2) is 25.6 Å². The Hall–Kier alpha value is -1.68. The zero-order chi connectivity index (χ0) is 13.9. The molecule has 1 aromatic heterocycles. The zero-order valence-corrected chi connectivity index (χ0v) is 12.6. The van der Waals surface area contributed by atoms with Gasteiger partial charge in [-0.2, -0.15) is 0 Å². The van der Waals surface area contributed by atoms with Gasteiger partial charge in [-0.1, -0.05) is 25.7 Å². The summed E-state index contributed by atoms with van der Waals surface area (Å²) < 4.78 is 5.33. The number of hydrogen-bond acceptors (Lipinski definition) is 3. The third-order valence-corrected chi connectivity index (χ3v) is 4.67. The normalized spacial score (nSPS) is 11.5. The molecule has 0 radical (unpaired) electrons. The highest BCUT2D eigenvalue weighted by molar-refractivity contribution is 6.76. The lowest BCUT2D eigenvalue weighted by Gasteiger charge is -2.15. The lowest BCUT2D eigenvalue weighted by molar-refractivity contribution is 0.0525. The second-order valence-corrected chi connectivity index (χ2v) is 11.5. The van der Waals surface area contributed by atoms with Crippen molar-refractivity contribution in [3.63, 3.8) is 0 Å². The van der Waals surface area contributed by atoms with Crippen LogP contribution in [0.1, 0.15) is 10.4 Å². The van der Waals surface area contributed by atoms with Gasteiger partial charge in [-0.05, 0) is 29.6 Å². The first kappa shape index (κ1) is 13.7. The van der Waals surface area contributed by atoms with E-state index in [1.807, 2.05) is 18.2 Å². The summed E-state index contributed by atoms with van der Waals surface area (Å²) in [6.07, 6.45) is 3.51. The van der Waals surface area contributed by atoms with Crippen molar-refractivity contribution in [2.24, 2.45) is 0 Å². The fourth-order valence-corrected chi connectivity index (χ4v) is 2.46. The highest BCUT2D eigenvalue weighted by Crippen LogP contribution is 2.16. The van der Waals surface area contributed by atoms with Gasteiger partial charge in [0.05, 0.1) is 12.2 Å². The topological polar surface area (TPSA) is 39.2 Å². The molecule has 4 heteroatoms. The number of benzene rings is 1. The van der Waals surface area contributed by atoms with Crippen molar-refractivity contribution < 1.29 is 9.53 Å². The van der Waals surface area contributed by atoms with Crippen LogP contribution in [0.5, 0.6) is 0 Å². The molecular formula is C15H19NO2Si. The Balaban J connectivity index is 2.05. The van der Waals surface area contributed by atoms with Gasteiger partial charge in [-0.15, -0.1) is 0 Å². The molecule has 0 saturated heterocycles. The number of esters is 1.